The smallest absolute Gasteiger partial charge is 0.265 e. The van der Waals surface area contributed by atoms with Crippen molar-refractivity contribution >= 4 is 66.5 Å². The number of anilines is 1. The monoisotopic (exact) mass is 693 g/mol. The fraction of sp³-hybridized carbons (Fsp3) is 0.356. The Morgan fingerprint density at radius 1 is 0.558 bits per heavy atom. The summed E-state index contributed by atoms with van der Waals surface area (Å²) >= 11 is 0. The van der Waals surface area contributed by atoms with E-state index in [2.05, 4.69) is 11.8 Å². The largest absolute Gasteiger partial charge is 0.369 e. The Labute approximate surface area is 305 Å². The first-order valence-electron chi connectivity index (χ1n) is 19.1. The topological polar surface area (TPSA) is 81.2 Å². The molecule has 2 aliphatic heterocycles. The van der Waals surface area contributed by atoms with Crippen LogP contribution in [0.5, 0.6) is 0 Å². The quantitative estimate of drug-likeness (QED) is 0.0532. The third kappa shape index (κ3) is 5.62. The molecule has 0 bridgehead atoms. The number of aliphatic hydroxyl groups is 1. The lowest BCUT2D eigenvalue weighted by molar-refractivity contribution is 0.00419. The molecule has 0 saturated carbocycles. The number of unbranched alkanes of at least 4 members (excludes halogenated alkanes) is 9. The fourth-order valence-corrected chi connectivity index (χ4v) is 8.78. The molecule has 0 radical (unpaired) electrons. The van der Waals surface area contributed by atoms with E-state index in [9.17, 15) is 19.5 Å². The van der Waals surface area contributed by atoms with E-state index in [0.717, 1.165) is 74.6 Å². The van der Waals surface area contributed by atoms with Crippen LogP contribution in [0.1, 0.15) is 120 Å². The van der Waals surface area contributed by atoms with E-state index in [-0.39, 0.29) is 17.7 Å². The Morgan fingerprint density at radius 3 is 1.58 bits per heavy atom. The van der Waals surface area contributed by atoms with Gasteiger partial charge in [0, 0.05) is 46.1 Å². The van der Waals surface area contributed by atoms with Gasteiger partial charge in [0.25, 0.3) is 17.7 Å². The number of rotatable bonds is 14. The molecule has 2 aliphatic rings. The first-order chi connectivity index (χ1) is 25.3. The summed E-state index contributed by atoms with van der Waals surface area (Å²) in [6, 6.07) is 23.1. The first-order valence-corrected chi connectivity index (χ1v) is 19.1. The number of amides is 3. The molecule has 2 heterocycles. The van der Waals surface area contributed by atoms with E-state index in [1.165, 1.54) is 49.8 Å². The van der Waals surface area contributed by atoms with Crippen molar-refractivity contribution < 1.29 is 19.5 Å². The van der Waals surface area contributed by atoms with Gasteiger partial charge in [-0.15, -0.1) is 0 Å². The summed E-state index contributed by atoms with van der Waals surface area (Å²) < 4.78 is 0. The summed E-state index contributed by atoms with van der Waals surface area (Å²) in [4.78, 5) is 47.1. The second-order valence-corrected chi connectivity index (χ2v) is 15.1. The maximum atomic E-state index is 14.1. The number of hydrogen-bond donors (Lipinski definition) is 1. The van der Waals surface area contributed by atoms with Crippen molar-refractivity contribution in [2.45, 2.75) is 83.9 Å². The van der Waals surface area contributed by atoms with Crippen molar-refractivity contribution in [1.82, 2.24) is 9.80 Å². The Kier molecular flexibility index (Phi) is 9.18. The minimum atomic E-state index is -1.02. The normalized spacial score (nSPS) is 15.9. The van der Waals surface area contributed by atoms with E-state index < -0.39 is 6.23 Å². The van der Waals surface area contributed by atoms with Gasteiger partial charge >= 0.3 is 0 Å². The van der Waals surface area contributed by atoms with E-state index in [4.69, 9.17) is 0 Å². The molecule has 0 fully saturated rings. The van der Waals surface area contributed by atoms with Crippen molar-refractivity contribution in [3.8, 4) is 0 Å². The van der Waals surface area contributed by atoms with E-state index in [1.807, 2.05) is 86.9 Å². The second-order valence-electron chi connectivity index (χ2n) is 15.1. The van der Waals surface area contributed by atoms with Crippen LogP contribution in [-0.2, 0) is 6.54 Å². The predicted octanol–water partition coefficient (Wildman–Crippen LogP) is 9.97. The molecule has 0 aliphatic carbocycles. The van der Waals surface area contributed by atoms with Gasteiger partial charge in [0.05, 0.1) is 5.69 Å². The van der Waals surface area contributed by atoms with Crippen molar-refractivity contribution in [3.05, 3.63) is 101 Å². The number of imide groups is 1. The third-order valence-electron chi connectivity index (χ3n) is 11.3. The van der Waals surface area contributed by atoms with E-state index in [1.54, 1.807) is 4.90 Å². The summed E-state index contributed by atoms with van der Waals surface area (Å²) in [5.41, 5.74) is 3.99. The average molecular weight is 694 g/mol. The van der Waals surface area contributed by atoms with E-state index >= 15 is 0 Å². The van der Waals surface area contributed by atoms with Crippen molar-refractivity contribution in [2.75, 3.05) is 25.5 Å². The molecule has 8 rings (SSSR count). The molecule has 266 valence electrons. The number of aliphatic hydroxyl groups excluding tert-OH is 1. The van der Waals surface area contributed by atoms with Crippen LogP contribution in [0.2, 0.25) is 0 Å². The van der Waals surface area contributed by atoms with Crippen LogP contribution in [0.25, 0.3) is 43.1 Å². The lowest BCUT2D eigenvalue weighted by atomic mass is 9.82. The summed E-state index contributed by atoms with van der Waals surface area (Å²) in [6.45, 7) is 3.53. The number of carbonyl (C=O) groups excluding carboxylic acids is 3. The Hall–Kier alpha value is -4.85. The van der Waals surface area contributed by atoms with Crippen LogP contribution in [0, 0.1) is 0 Å². The van der Waals surface area contributed by atoms with Crippen LogP contribution >= 0.6 is 0 Å². The van der Waals surface area contributed by atoms with Crippen LogP contribution in [0.15, 0.2) is 72.8 Å². The SMILES string of the molecule is CCCCCCCCCCCCN1C(=O)c2ccc3c4ccc5c6c(ccc(c7ccc(c2c37)C1O)c64)C(=O)N(c1ccc(CN(C)C)cc1)C5=O. The maximum Gasteiger partial charge on any atom is 0.265 e. The molecular formula is C45H47N3O4. The summed E-state index contributed by atoms with van der Waals surface area (Å²) in [5.74, 6) is -0.815. The standard InChI is InChI=1S/C45H47N3O4/c1-4-5-6-7-8-9-10-11-12-13-26-47-42(49)34-22-18-30-32-20-24-36-41-37(45(52)48(44(36)51)29-16-14-28(15-17-29)27-46(2)3)25-21-33(39(32)41)31-19-23-35(43(47)50)40(34)38(30)31/h14-25,42,49H,4-13,26-27H2,1-3H3. The zero-order valence-electron chi connectivity index (χ0n) is 30.5. The molecule has 7 heteroatoms. The molecule has 1 N–H and O–H groups in total. The summed E-state index contributed by atoms with van der Waals surface area (Å²) in [5, 5.41) is 18.6. The summed E-state index contributed by atoms with van der Waals surface area (Å²) in [7, 11) is 4.01. The zero-order chi connectivity index (χ0) is 36.1. The van der Waals surface area contributed by atoms with Gasteiger partial charge in [-0.05, 0) is 88.7 Å². The highest BCUT2D eigenvalue weighted by Gasteiger charge is 2.37. The Bertz CT molecular complexity index is 2270. The maximum absolute atomic E-state index is 14.1. The average Bonchev–Trinajstić information content (AvgIpc) is 3.14. The van der Waals surface area contributed by atoms with Crippen LogP contribution in [0.3, 0.4) is 0 Å². The van der Waals surface area contributed by atoms with Gasteiger partial charge in [0.2, 0.25) is 0 Å². The minimum absolute atomic E-state index is 0.137. The van der Waals surface area contributed by atoms with Crippen molar-refractivity contribution in [3.63, 3.8) is 0 Å². The molecule has 0 spiro atoms. The third-order valence-corrected chi connectivity index (χ3v) is 11.3. The van der Waals surface area contributed by atoms with Gasteiger partial charge < -0.3 is 14.9 Å². The number of fused-ring (bicyclic) bond motifs is 2. The molecule has 52 heavy (non-hydrogen) atoms. The van der Waals surface area contributed by atoms with Gasteiger partial charge in [-0.1, -0.05) is 107 Å². The molecule has 0 aromatic heterocycles. The lowest BCUT2D eigenvalue weighted by Crippen LogP contribution is -2.40. The second kappa shape index (κ2) is 13.9. The van der Waals surface area contributed by atoms with Gasteiger partial charge in [0.1, 0.15) is 0 Å². The van der Waals surface area contributed by atoms with Crippen molar-refractivity contribution in [2.24, 2.45) is 0 Å². The van der Waals surface area contributed by atoms with Crippen molar-refractivity contribution in [1.29, 1.82) is 0 Å². The first kappa shape index (κ1) is 34.2. The molecule has 6 aromatic carbocycles. The van der Waals surface area contributed by atoms with Crippen LogP contribution < -0.4 is 4.90 Å². The summed E-state index contributed by atoms with van der Waals surface area (Å²) in [6.07, 6.45) is 11.1. The lowest BCUT2D eigenvalue weighted by Gasteiger charge is -2.34. The number of nitrogens with zero attached hydrogens (tertiary/aromatic N) is 3. The van der Waals surface area contributed by atoms with Crippen LogP contribution in [-0.4, -0.2) is 53.3 Å². The Balaban J connectivity index is 1.11. The molecule has 7 nitrogen and oxygen atoms in total. The van der Waals surface area contributed by atoms with Crippen LogP contribution in [0.4, 0.5) is 5.69 Å². The molecule has 1 atom stereocenters. The predicted molar refractivity (Wildman–Crippen MR) is 210 cm³/mol. The number of carbonyl (C=O) groups is 3. The molecule has 1 unspecified atom stereocenters. The Morgan fingerprint density at radius 2 is 1.04 bits per heavy atom. The fourth-order valence-electron chi connectivity index (χ4n) is 8.78. The highest BCUT2D eigenvalue weighted by Crippen LogP contribution is 2.47. The molecule has 0 saturated heterocycles. The highest BCUT2D eigenvalue weighted by molar-refractivity contribution is 6.42. The van der Waals surface area contributed by atoms with Gasteiger partial charge in [-0.2, -0.15) is 0 Å². The van der Waals surface area contributed by atoms with Gasteiger partial charge in [-0.25, -0.2) is 4.90 Å². The molecule has 3 amide bonds. The van der Waals surface area contributed by atoms with Gasteiger partial charge in [-0.3, -0.25) is 14.4 Å². The number of benzene rings is 6. The number of hydrogen-bond acceptors (Lipinski definition) is 5. The molecular weight excluding hydrogens is 647 g/mol. The molecule has 6 aromatic rings. The highest BCUT2D eigenvalue weighted by atomic mass is 16.3. The minimum Gasteiger partial charge on any atom is -0.369 e. The zero-order valence-corrected chi connectivity index (χ0v) is 30.5. The van der Waals surface area contributed by atoms with E-state index in [0.29, 0.717) is 34.3 Å². The van der Waals surface area contributed by atoms with Gasteiger partial charge in [0.15, 0.2) is 6.23 Å².